The Bertz CT molecular complexity index is 419. The predicted octanol–water partition coefficient (Wildman–Crippen LogP) is -0.198. The van der Waals surface area contributed by atoms with Crippen molar-refractivity contribution < 1.29 is 9.59 Å². The maximum Gasteiger partial charge on any atom is 0.257 e. The van der Waals surface area contributed by atoms with Crippen LogP contribution in [0.5, 0.6) is 0 Å². The van der Waals surface area contributed by atoms with Crippen molar-refractivity contribution in [2.75, 3.05) is 18.8 Å². The average molecular weight is 253 g/mol. The van der Waals surface area contributed by atoms with Crippen LogP contribution in [0.2, 0.25) is 0 Å². The molecule has 0 saturated heterocycles. The Morgan fingerprint density at radius 1 is 1.39 bits per heavy atom. The summed E-state index contributed by atoms with van der Waals surface area (Å²) in [5.41, 5.74) is 6.40. The van der Waals surface area contributed by atoms with Crippen molar-refractivity contribution in [1.29, 1.82) is 0 Å². The van der Waals surface area contributed by atoms with E-state index in [0.717, 1.165) is 0 Å². The molecule has 0 fully saturated rings. The topological polar surface area (TPSA) is 113 Å². The molecule has 0 aliphatic carbocycles. The zero-order valence-corrected chi connectivity index (χ0v) is 10.8. The number of aromatic nitrogens is 2. The number of hydrogen-bond acceptors (Lipinski definition) is 4. The molecular weight excluding hydrogens is 234 g/mol. The van der Waals surface area contributed by atoms with Gasteiger partial charge in [0.2, 0.25) is 5.91 Å². The number of anilines is 1. The maximum atomic E-state index is 11.8. The summed E-state index contributed by atoms with van der Waals surface area (Å²) in [5, 5.41) is 11.5. The number of nitrogens with two attached hydrogens (primary N) is 1. The number of aromatic amines is 1. The second-order valence-electron chi connectivity index (χ2n) is 4.49. The van der Waals surface area contributed by atoms with Gasteiger partial charge in [-0.15, -0.1) is 0 Å². The Morgan fingerprint density at radius 3 is 2.56 bits per heavy atom. The van der Waals surface area contributed by atoms with Crippen molar-refractivity contribution in [1.82, 2.24) is 20.8 Å². The Morgan fingerprint density at radius 2 is 2.06 bits per heavy atom. The van der Waals surface area contributed by atoms with Crippen LogP contribution in [0.4, 0.5) is 5.82 Å². The minimum Gasteiger partial charge on any atom is -0.382 e. The van der Waals surface area contributed by atoms with Crippen LogP contribution in [0.3, 0.4) is 0 Å². The molecule has 1 rings (SSSR count). The molecule has 1 aromatic rings. The SMILES string of the molecule is Cc1[nH]nc(N)c1C(=O)NCC(=O)NCC(C)C. The molecule has 18 heavy (non-hydrogen) atoms. The Hall–Kier alpha value is -2.05. The average Bonchev–Trinajstić information content (AvgIpc) is 2.63. The van der Waals surface area contributed by atoms with E-state index in [1.165, 1.54) is 0 Å². The van der Waals surface area contributed by atoms with E-state index < -0.39 is 5.91 Å². The predicted molar refractivity (Wildman–Crippen MR) is 67.9 cm³/mol. The lowest BCUT2D eigenvalue weighted by molar-refractivity contribution is -0.120. The Kier molecular flexibility index (Phi) is 4.70. The summed E-state index contributed by atoms with van der Waals surface area (Å²) in [5.74, 6) is -0.126. The fraction of sp³-hybridized carbons (Fsp3) is 0.545. The van der Waals surface area contributed by atoms with Gasteiger partial charge in [0.1, 0.15) is 5.56 Å². The van der Waals surface area contributed by atoms with E-state index in [1.807, 2.05) is 13.8 Å². The van der Waals surface area contributed by atoms with Crippen molar-refractivity contribution in [2.24, 2.45) is 5.92 Å². The van der Waals surface area contributed by atoms with Gasteiger partial charge in [-0.1, -0.05) is 13.8 Å². The first-order valence-corrected chi connectivity index (χ1v) is 5.77. The first-order chi connectivity index (χ1) is 8.41. The van der Waals surface area contributed by atoms with Gasteiger partial charge in [0.15, 0.2) is 5.82 Å². The summed E-state index contributed by atoms with van der Waals surface area (Å²) in [6, 6.07) is 0. The lowest BCUT2D eigenvalue weighted by Crippen LogP contribution is -2.38. The number of H-pyrrole nitrogens is 1. The highest BCUT2D eigenvalue weighted by Gasteiger charge is 2.16. The first-order valence-electron chi connectivity index (χ1n) is 5.77. The molecule has 100 valence electrons. The number of carbonyl (C=O) groups is 2. The maximum absolute atomic E-state index is 11.8. The molecule has 0 atom stereocenters. The highest BCUT2D eigenvalue weighted by molar-refractivity contribution is 6.00. The van der Waals surface area contributed by atoms with E-state index >= 15 is 0 Å². The smallest absolute Gasteiger partial charge is 0.257 e. The van der Waals surface area contributed by atoms with Crippen molar-refractivity contribution in [3.63, 3.8) is 0 Å². The number of hydrogen-bond donors (Lipinski definition) is 4. The third kappa shape index (κ3) is 3.76. The largest absolute Gasteiger partial charge is 0.382 e. The van der Waals surface area contributed by atoms with Crippen molar-refractivity contribution in [2.45, 2.75) is 20.8 Å². The van der Waals surface area contributed by atoms with E-state index in [0.29, 0.717) is 18.2 Å². The number of nitrogens with one attached hydrogen (secondary N) is 3. The number of rotatable bonds is 5. The molecule has 0 aliphatic heterocycles. The van der Waals surface area contributed by atoms with Gasteiger partial charge in [-0.3, -0.25) is 14.7 Å². The lowest BCUT2D eigenvalue weighted by atomic mass is 10.2. The number of nitrogens with zero attached hydrogens (tertiary/aromatic N) is 1. The standard InChI is InChI=1S/C11H19N5O2/c1-6(2)4-13-8(17)5-14-11(18)9-7(3)15-16-10(9)12/h6H,4-5H2,1-3H3,(H,13,17)(H,14,18)(H3,12,15,16). The van der Waals surface area contributed by atoms with Gasteiger partial charge in [0.05, 0.1) is 6.54 Å². The van der Waals surface area contributed by atoms with E-state index in [1.54, 1.807) is 6.92 Å². The second-order valence-corrected chi connectivity index (χ2v) is 4.49. The molecule has 0 unspecified atom stereocenters. The van der Waals surface area contributed by atoms with Crippen molar-refractivity contribution >= 4 is 17.6 Å². The summed E-state index contributed by atoms with van der Waals surface area (Å²) < 4.78 is 0. The molecule has 5 N–H and O–H groups in total. The fourth-order valence-corrected chi connectivity index (χ4v) is 1.36. The van der Waals surface area contributed by atoms with Crippen molar-refractivity contribution in [3.8, 4) is 0 Å². The molecule has 7 heteroatoms. The summed E-state index contributed by atoms with van der Waals surface area (Å²) >= 11 is 0. The van der Waals surface area contributed by atoms with Crippen LogP contribution in [-0.2, 0) is 4.79 Å². The third-order valence-electron chi connectivity index (χ3n) is 2.32. The van der Waals surface area contributed by atoms with Gasteiger partial charge < -0.3 is 16.4 Å². The van der Waals surface area contributed by atoms with Gasteiger partial charge in [0, 0.05) is 12.2 Å². The van der Waals surface area contributed by atoms with Gasteiger partial charge in [0.25, 0.3) is 5.91 Å². The zero-order valence-electron chi connectivity index (χ0n) is 10.8. The molecule has 1 heterocycles. The Balaban J connectivity index is 2.45. The number of nitrogen functional groups attached to an aromatic ring is 1. The van der Waals surface area contributed by atoms with Gasteiger partial charge in [-0.05, 0) is 12.8 Å². The minimum absolute atomic E-state index is 0.0738. The molecule has 0 spiro atoms. The molecule has 0 bridgehead atoms. The molecule has 2 amide bonds. The normalized spacial score (nSPS) is 10.4. The van der Waals surface area contributed by atoms with Gasteiger partial charge in [-0.2, -0.15) is 5.10 Å². The minimum atomic E-state index is -0.404. The number of carbonyl (C=O) groups excluding carboxylic acids is 2. The Labute approximate surface area is 106 Å². The van der Waals surface area contributed by atoms with E-state index in [-0.39, 0.29) is 23.8 Å². The fourth-order valence-electron chi connectivity index (χ4n) is 1.36. The highest BCUT2D eigenvalue weighted by Crippen LogP contribution is 2.11. The number of amides is 2. The zero-order chi connectivity index (χ0) is 13.7. The van der Waals surface area contributed by atoms with Crippen LogP contribution < -0.4 is 16.4 Å². The molecule has 0 saturated carbocycles. The molecule has 0 radical (unpaired) electrons. The molecule has 0 aliphatic rings. The quantitative estimate of drug-likeness (QED) is 0.582. The van der Waals surface area contributed by atoms with Crippen LogP contribution in [0.15, 0.2) is 0 Å². The molecule has 0 aromatic carbocycles. The molecule has 7 nitrogen and oxygen atoms in total. The van der Waals surface area contributed by atoms with E-state index in [4.69, 9.17) is 5.73 Å². The van der Waals surface area contributed by atoms with Gasteiger partial charge in [-0.25, -0.2) is 0 Å². The molecule has 1 aromatic heterocycles. The van der Waals surface area contributed by atoms with E-state index in [2.05, 4.69) is 20.8 Å². The van der Waals surface area contributed by atoms with E-state index in [9.17, 15) is 9.59 Å². The lowest BCUT2D eigenvalue weighted by Gasteiger charge is -2.08. The first kappa shape index (κ1) is 14.0. The summed E-state index contributed by atoms with van der Waals surface area (Å²) in [6.07, 6.45) is 0. The van der Waals surface area contributed by atoms with Crippen LogP contribution in [0.25, 0.3) is 0 Å². The highest BCUT2D eigenvalue weighted by atomic mass is 16.2. The summed E-state index contributed by atoms with van der Waals surface area (Å²) in [7, 11) is 0. The van der Waals surface area contributed by atoms with Gasteiger partial charge >= 0.3 is 0 Å². The monoisotopic (exact) mass is 253 g/mol. The van der Waals surface area contributed by atoms with Crippen LogP contribution in [0.1, 0.15) is 29.9 Å². The van der Waals surface area contributed by atoms with Crippen LogP contribution in [-0.4, -0.2) is 35.1 Å². The summed E-state index contributed by atoms with van der Waals surface area (Å²) in [4.78, 5) is 23.2. The third-order valence-corrected chi connectivity index (χ3v) is 2.32. The van der Waals surface area contributed by atoms with Crippen molar-refractivity contribution in [3.05, 3.63) is 11.3 Å². The van der Waals surface area contributed by atoms with Crippen LogP contribution >= 0.6 is 0 Å². The second kappa shape index (κ2) is 6.04. The number of aryl methyl sites for hydroxylation is 1. The summed E-state index contributed by atoms with van der Waals surface area (Å²) in [6.45, 7) is 6.19. The molecular formula is C11H19N5O2. The van der Waals surface area contributed by atoms with Crippen LogP contribution in [0, 0.1) is 12.8 Å².